The Hall–Kier alpha value is -2.30. The van der Waals surface area contributed by atoms with Crippen molar-refractivity contribution >= 4 is 11.6 Å². The lowest BCUT2D eigenvalue weighted by molar-refractivity contribution is 0.0963. The maximum Gasteiger partial charge on any atom is 0.251 e. The fourth-order valence-electron chi connectivity index (χ4n) is 1.90. The molecule has 2 rings (SSSR count). The third kappa shape index (κ3) is 3.13. The molecule has 0 fully saturated rings. The molecule has 19 heavy (non-hydrogen) atoms. The molecule has 0 aliphatic rings. The summed E-state index contributed by atoms with van der Waals surface area (Å²) in [5.74, 6) is -0.0812. The van der Waals surface area contributed by atoms with Crippen LogP contribution < -0.4 is 10.6 Å². The van der Waals surface area contributed by atoms with Crippen molar-refractivity contribution in [2.75, 3.05) is 12.4 Å². The first-order chi connectivity index (χ1) is 9.24. The number of nitrogens with one attached hydrogen (secondary N) is 2. The molecule has 0 bridgehead atoms. The van der Waals surface area contributed by atoms with Crippen LogP contribution in [-0.2, 0) is 13.1 Å². The normalized spacial score (nSPS) is 10.2. The molecule has 1 amide bonds. The molecule has 0 atom stereocenters. The van der Waals surface area contributed by atoms with Crippen LogP contribution >= 0.6 is 0 Å². The number of carbonyl (C=O) groups excluding carboxylic acids is 1. The molecule has 0 radical (unpaired) electrons. The summed E-state index contributed by atoms with van der Waals surface area (Å²) in [6, 6.07) is 9.42. The number of amides is 1. The summed E-state index contributed by atoms with van der Waals surface area (Å²) in [6.07, 6.45) is 1.79. The van der Waals surface area contributed by atoms with Gasteiger partial charge in [0.1, 0.15) is 0 Å². The molecule has 1 aromatic heterocycles. The molecule has 5 heteroatoms. The van der Waals surface area contributed by atoms with Gasteiger partial charge in [-0.1, -0.05) is 6.07 Å². The third-order valence-electron chi connectivity index (χ3n) is 2.93. The summed E-state index contributed by atoms with van der Waals surface area (Å²) >= 11 is 0. The Bertz CT molecular complexity index is 562. The summed E-state index contributed by atoms with van der Waals surface area (Å²) in [6.45, 7) is 3.59. The van der Waals surface area contributed by atoms with Gasteiger partial charge < -0.3 is 10.6 Å². The van der Waals surface area contributed by atoms with Crippen LogP contribution in [0.25, 0.3) is 0 Å². The van der Waals surface area contributed by atoms with E-state index in [1.54, 1.807) is 19.3 Å². The Morgan fingerprint density at radius 1 is 1.37 bits per heavy atom. The SMILES string of the molecule is CCn1nccc1CNc1cccc(C(=O)NC)c1. The number of aromatic nitrogens is 2. The molecule has 0 aliphatic carbocycles. The van der Waals surface area contributed by atoms with Crippen LogP contribution in [0.3, 0.4) is 0 Å². The van der Waals surface area contributed by atoms with Gasteiger partial charge in [-0.25, -0.2) is 0 Å². The first-order valence-corrected chi connectivity index (χ1v) is 6.31. The number of hydrogen-bond acceptors (Lipinski definition) is 3. The highest BCUT2D eigenvalue weighted by atomic mass is 16.1. The number of hydrogen-bond donors (Lipinski definition) is 2. The van der Waals surface area contributed by atoms with E-state index >= 15 is 0 Å². The predicted octanol–water partition coefficient (Wildman–Crippen LogP) is 1.87. The molecule has 1 aromatic carbocycles. The monoisotopic (exact) mass is 258 g/mol. The van der Waals surface area contributed by atoms with E-state index in [1.807, 2.05) is 28.9 Å². The van der Waals surface area contributed by atoms with Crippen LogP contribution in [0.1, 0.15) is 23.0 Å². The van der Waals surface area contributed by atoms with Crippen molar-refractivity contribution < 1.29 is 4.79 Å². The van der Waals surface area contributed by atoms with Crippen molar-refractivity contribution in [3.05, 3.63) is 47.8 Å². The minimum atomic E-state index is -0.0812. The molecule has 0 aliphatic heterocycles. The van der Waals surface area contributed by atoms with Crippen molar-refractivity contribution in [3.8, 4) is 0 Å². The molecular weight excluding hydrogens is 240 g/mol. The lowest BCUT2D eigenvalue weighted by atomic mass is 10.2. The molecule has 100 valence electrons. The van der Waals surface area contributed by atoms with Gasteiger partial charge in [0.2, 0.25) is 0 Å². The Morgan fingerprint density at radius 2 is 2.21 bits per heavy atom. The maximum absolute atomic E-state index is 11.5. The van der Waals surface area contributed by atoms with E-state index in [9.17, 15) is 4.79 Å². The second-order valence-electron chi connectivity index (χ2n) is 4.15. The van der Waals surface area contributed by atoms with E-state index in [-0.39, 0.29) is 5.91 Å². The van der Waals surface area contributed by atoms with Crippen LogP contribution in [0, 0.1) is 0 Å². The lowest BCUT2D eigenvalue weighted by Gasteiger charge is -2.09. The van der Waals surface area contributed by atoms with Crippen molar-refractivity contribution in [2.24, 2.45) is 0 Å². The maximum atomic E-state index is 11.5. The average molecular weight is 258 g/mol. The van der Waals surface area contributed by atoms with Crippen LogP contribution in [0.15, 0.2) is 36.5 Å². The third-order valence-corrected chi connectivity index (χ3v) is 2.93. The average Bonchev–Trinajstić information content (AvgIpc) is 2.92. The molecule has 2 N–H and O–H groups in total. The number of benzene rings is 1. The van der Waals surface area contributed by atoms with Crippen LogP contribution in [0.2, 0.25) is 0 Å². The number of nitrogens with zero attached hydrogens (tertiary/aromatic N) is 2. The summed E-state index contributed by atoms with van der Waals surface area (Å²) in [5.41, 5.74) is 2.69. The van der Waals surface area contributed by atoms with E-state index in [2.05, 4.69) is 22.7 Å². The number of anilines is 1. The van der Waals surface area contributed by atoms with Crippen LogP contribution in [-0.4, -0.2) is 22.7 Å². The van der Waals surface area contributed by atoms with E-state index in [0.717, 1.165) is 17.9 Å². The highest BCUT2D eigenvalue weighted by Gasteiger charge is 2.04. The molecule has 0 saturated carbocycles. The molecule has 5 nitrogen and oxygen atoms in total. The van der Waals surface area contributed by atoms with Gasteiger partial charge >= 0.3 is 0 Å². The highest BCUT2D eigenvalue weighted by Crippen LogP contribution is 2.12. The number of rotatable bonds is 5. The molecule has 0 spiro atoms. The predicted molar refractivity (Wildman–Crippen MR) is 75.1 cm³/mol. The van der Waals surface area contributed by atoms with Gasteiger partial charge in [0, 0.05) is 31.0 Å². The Morgan fingerprint density at radius 3 is 2.95 bits per heavy atom. The standard InChI is InChI=1S/C14H18N4O/c1-3-18-13(7-8-17-18)10-16-12-6-4-5-11(9-12)14(19)15-2/h4-9,16H,3,10H2,1-2H3,(H,15,19). The first kappa shape index (κ1) is 13.1. The molecule has 0 saturated heterocycles. The smallest absolute Gasteiger partial charge is 0.251 e. The number of aryl methyl sites for hydroxylation is 1. The van der Waals surface area contributed by atoms with Gasteiger partial charge in [0.05, 0.1) is 12.2 Å². The largest absolute Gasteiger partial charge is 0.379 e. The Labute approximate surface area is 112 Å². The first-order valence-electron chi connectivity index (χ1n) is 6.31. The van der Waals surface area contributed by atoms with E-state index < -0.39 is 0 Å². The summed E-state index contributed by atoms with van der Waals surface area (Å²) < 4.78 is 1.94. The van der Waals surface area contributed by atoms with Crippen molar-refractivity contribution in [1.29, 1.82) is 0 Å². The van der Waals surface area contributed by atoms with Gasteiger partial charge in [-0.05, 0) is 31.2 Å². The second-order valence-corrected chi connectivity index (χ2v) is 4.15. The van der Waals surface area contributed by atoms with Gasteiger partial charge in [0.25, 0.3) is 5.91 Å². The van der Waals surface area contributed by atoms with Crippen molar-refractivity contribution in [2.45, 2.75) is 20.0 Å². The summed E-state index contributed by atoms with van der Waals surface area (Å²) in [5, 5.41) is 10.1. The van der Waals surface area contributed by atoms with Crippen LogP contribution in [0.5, 0.6) is 0 Å². The van der Waals surface area contributed by atoms with Gasteiger partial charge in [-0.15, -0.1) is 0 Å². The van der Waals surface area contributed by atoms with Gasteiger partial charge in [-0.2, -0.15) is 5.10 Å². The molecule has 2 aromatic rings. The number of carbonyl (C=O) groups is 1. The van der Waals surface area contributed by atoms with E-state index in [4.69, 9.17) is 0 Å². The quantitative estimate of drug-likeness (QED) is 0.860. The fourth-order valence-corrected chi connectivity index (χ4v) is 1.90. The zero-order chi connectivity index (χ0) is 13.7. The minimum absolute atomic E-state index is 0.0812. The zero-order valence-electron chi connectivity index (χ0n) is 11.2. The fraction of sp³-hybridized carbons (Fsp3) is 0.286. The van der Waals surface area contributed by atoms with Gasteiger partial charge in [0.15, 0.2) is 0 Å². The highest BCUT2D eigenvalue weighted by molar-refractivity contribution is 5.94. The van der Waals surface area contributed by atoms with E-state index in [1.165, 1.54) is 0 Å². The topological polar surface area (TPSA) is 59.0 Å². The Balaban J connectivity index is 2.05. The summed E-state index contributed by atoms with van der Waals surface area (Å²) in [4.78, 5) is 11.5. The summed E-state index contributed by atoms with van der Waals surface area (Å²) in [7, 11) is 1.63. The zero-order valence-corrected chi connectivity index (χ0v) is 11.2. The van der Waals surface area contributed by atoms with E-state index in [0.29, 0.717) is 12.1 Å². The van der Waals surface area contributed by atoms with Crippen LogP contribution in [0.4, 0.5) is 5.69 Å². The van der Waals surface area contributed by atoms with Crippen molar-refractivity contribution in [1.82, 2.24) is 15.1 Å². The minimum Gasteiger partial charge on any atom is -0.379 e. The van der Waals surface area contributed by atoms with Gasteiger partial charge in [-0.3, -0.25) is 9.48 Å². The van der Waals surface area contributed by atoms with Crippen molar-refractivity contribution in [3.63, 3.8) is 0 Å². The lowest BCUT2D eigenvalue weighted by Crippen LogP contribution is -2.17. The Kier molecular flexibility index (Phi) is 4.18. The molecule has 0 unspecified atom stereocenters. The molecule has 1 heterocycles. The molecular formula is C14H18N4O. The second kappa shape index (κ2) is 6.04.